The van der Waals surface area contributed by atoms with Crippen molar-refractivity contribution < 1.29 is 22.7 Å². The quantitative estimate of drug-likeness (QED) is 0.786. The molecule has 1 aliphatic carbocycles. The fourth-order valence-electron chi connectivity index (χ4n) is 3.90. The summed E-state index contributed by atoms with van der Waals surface area (Å²) in [7, 11) is 0. The van der Waals surface area contributed by atoms with Crippen LogP contribution in [0.1, 0.15) is 31.2 Å². The molecule has 0 N–H and O–H groups in total. The zero-order valence-corrected chi connectivity index (χ0v) is 15.7. The van der Waals surface area contributed by atoms with Gasteiger partial charge in [0.1, 0.15) is 6.10 Å². The van der Waals surface area contributed by atoms with Crippen molar-refractivity contribution in [1.82, 2.24) is 19.7 Å². The fourth-order valence-corrected chi connectivity index (χ4v) is 3.90. The number of amides is 2. The summed E-state index contributed by atoms with van der Waals surface area (Å²) in [6.45, 7) is 4.37. The number of urea groups is 1. The van der Waals surface area contributed by atoms with Crippen LogP contribution in [0.15, 0.2) is 18.3 Å². The molecule has 0 unspecified atom stereocenters. The van der Waals surface area contributed by atoms with Crippen molar-refractivity contribution in [2.24, 2.45) is 0 Å². The molecule has 4 rings (SSSR count). The molecule has 0 aromatic carbocycles. The largest absolute Gasteiger partial charge is 0.471 e. The number of alkyl halides is 3. The summed E-state index contributed by atoms with van der Waals surface area (Å²) < 4.78 is 43.3. The van der Waals surface area contributed by atoms with Crippen molar-refractivity contribution in [2.75, 3.05) is 39.3 Å². The third kappa shape index (κ3) is 4.19. The highest BCUT2D eigenvalue weighted by atomic mass is 19.4. The summed E-state index contributed by atoms with van der Waals surface area (Å²) in [5.41, 5.74) is -0.803. The maximum atomic E-state index is 12.7. The lowest BCUT2D eigenvalue weighted by Gasteiger charge is -2.41. The molecule has 0 bridgehead atoms. The molecule has 0 atom stereocenters. The Balaban J connectivity index is 1.23. The number of carbonyl (C=O) groups excluding carboxylic acids is 1. The summed E-state index contributed by atoms with van der Waals surface area (Å²) >= 11 is 0. The van der Waals surface area contributed by atoms with Crippen LogP contribution in [-0.2, 0) is 6.18 Å². The second-order valence-electron chi connectivity index (χ2n) is 7.77. The van der Waals surface area contributed by atoms with E-state index in [4.69, 9.17) is 4.74 Å². The number of pyridine rings is 1. The van der Waals surface area contributed by atoms with Crippen LogP contribution in [-0.4, -0.2) is 77.1 Å². The van der Waals surface area contributed by atoms with Gasteiger partial charge in [-0.2, -0.15) is 13.2 Å². The fraction of sp³-hybridized carbons (Fsp3) is 0.684. The van der Waals surface area contributed by atoms with Crippen LogP contribution in [0.3, 0.4) is 0 Å². The van der Waals surface area contributed by atoms with Gasteiger partial charge in [0, 0.05) is 44.5 Å². The lowest BCUT2D eigenvalue weighted by Crippen LogP contribution is -2.60. The van der Waals surface area contributed by atoms with Gasteiger partial charge in [-0.1, -0.05) is 6.42 Å². The third-order valence-electron chi connectivity index (χ3n) is 5.86. The van der Waals surface area contributed by atoms with Gasteiger partial charge in [0.15, 0.2) is 0 Å². The van der Waals surface area contributed by atoms with Gasteiger partial charge in [-0.15, -0.1) is 0 Å². The van der Waals surface area contributed by atoms with E-state index in [1.807, 2.05) is 4.90 Å². The minimum Gasteiger partial charge on any atom is -0.471 e. The van der Waals surface area contributed by atoms with E-state index < -0.39 is 11.7 Å². The normalized spacial score (nSPS) is 22.4. The SMILES string of the molecule is O=C(N1CCCN(C2CCC2)CC1)N1CC(Oc2ccc(C(F)(F)F)cn2)C1. The Morgan fingerprint density at radius 3 is 2.43 bits per heavy atom. The Hall–Kier alpha value is -2.03. The summed E-state index contributed by atoms with van der Waals surface area (Å²) in [5, 5.41) is 0. The average molecular weight is 398 g/mol. The number of halogens is 3. The molecular weight excluding hydrogens is 373 g/mol. The molecular formula is C19H25F3N4O2. The topological polar surface area (TPSA) is 48.9 Å². The van der Waals surface area contributed by atoms with E-state index in [0.29, 0.717) is 19.1 Å². The number of hydrogen-bond acceptors (Lipinski definition) is 4. The van der Waals surface area contributed by atoms with E-state index >= 15 is 0 Å². The molecule has 0 spiro atoms. The van der Waals surface area contributed by atoms with Crippen LogP contribution in [0.2, 0.25) is 0 Å². The molecule has 2 aliphatic heterocycles. The minimum atomic E-state index is -4.41. The monoisotopic (exact) mass is 398 g/mol. The van der Waals surface area contributed by atoms with Gasteiger partial charge in [0.05, 0.1) is 18.7 Å². The Labute approximate surface area is 162 Å². The van der Waals surface area contributed by atoms with Gasteiger partial charge in [-0.25, -0.2) is 9.78 Å². The van der Waals surface area contributed by atoms with Crippen molar-refractivity contribution in [1.29, 1.82) is 0 Å². The molecule has 1 saturated carbocycles. The molecule has 9 heteroatoms. The molecule has 3 heterocycles. The molecule has 1 aromatic heterocycles. The van der Waals surface area contributed by atoms with Gasteiger partial charge in [0.25, 0.3) is 0 Å². The molecule has 154 valence electrons. The predicted molar refractivity (Wildman–Crippen MR) is 96.0 cm³/mol. The van der Waals surface area contributed by atoms with Crippen molar-refractivity contribution in [3.8, 4) is 5.88 Å². The van der Waals surface area contributed by atoms with Crippen molar-refractivity contribution in [2.45, 2.75) is 44.0 Å². The smallest absolute Gasteiger partial charge is 0.417 e. The molecule has 2 amide bonds. The van der Waals surface area contributed by atoms with E-state index in [0.717, 1.165) is 44.9 Å². The van der Waals surface area contributed by atoms with Gasteiger partial charge in [0.2, 0.25) is 5.88 Å². The summed E-state index contributed by atoms with van der Waals surface area (Å²) in [4.78, 5) is 22.5. The lowest BCUT2D eigenvalue weighted by molar-refractivity contribution is -0.137. The molecule has 0 radical (unpaired) electrons. The van der Waals surface area contributed by atoms with Crippen molar-refractivity contribution in [3.63, 3.8) is 0 Å². The molecule has 3 fully saturated rings. The predicted octanol–water partition coefficient (Wildman–Crippen LogP) is 2.84. The van der Waals surface area contributed by atoms with E-state index in [1.165, 1.54) is 25.3 Å². The highest BCUT2D eigenvalue weighted by Gasteiger charge is 2.36. The Kier molecular flexibility index (Phi) is 5.35. The van der Waals surface area contributed by atoms with Crippen molar-refractivity contribution in [3.05, 3.63) is 23.9 Å². The maximum absolute atomic E-state index is 12.7. The van der Waals surface area contributed by atoms with Gasteiger partial charge >= 0.3 is 12.2 Å². The Bertz CT molecular complexity index is 687. The number of ether oxygens (including phenoxy) is 1. The van der Waals surface area contributed by atoms with Crippen LogP contribution in [0.5, 0.6) is 5.88 Å². The summed E-state index contributed by atoms with van der Waals surface area (Å²) in [6, 6.07) is 2.90. The maximum Gasteiger partial charge on any atom is 0.417 e. The van der Waals surface area contributed by atoms with E-state index in [2.05, 4.69) is 9.88 Å². The van der Waals surface area contributed by atoms with Crippen LogP contribution < -0.4 is 4.74 Å². The lowest BCUT2D eigenvalue weighted by atomic mass is 9.91. The first-order valence-corrected chi connectivity index (χ1v) is 9.88. The van der Waals surface area contributed by atoms with Crippen LogP contribution in [0, 0.1) is 0 Å². The molecule has 3 aliphatic rings. The molecule has 28 heavy (non-hydrogen) atoms. The standard InChI is InChI=1S/C19H25F3N4O2/c20-19(21,22)14-5-6-17(23-11-14)28-16-12-26(13-16)18(27)25-8-2-7-24(9-10-25)15-3-1-4-15/h5-6,11,15-16H,1-4,7-10,12-13H2. The number of hydrogen-bond donors (Lipinski definition) is 0. The zero-order chi connectivity index (χ0) is 19.7. The van der Waals surface area contributed by atoms with Gasteiger partial charge < -0.3 is 14.5 Å². The van der Waals surface area contributed by atoms with Crippen LogP contribution >= 0.6 is 0 Å². The number of rotatable bonds is 3. The number of aromatic nitrogens is 1. The van der Waals surface area contributed by atoms with Crippen molar-refractivity contribution >= 4 is 6.03 Å². The second-order valence-corrected chi connectivity index (χ2v) is 7.77. The van der Waals surface area contributed by atoms with Gasteiger partial charge in [-0.05, 0) is 25.3 Å². The molecule has 6 nitrogen and oxygen atoms in total. The summed E-state index contributed by atoms with van der Waals surface area (Å²) in [6.07, 6.45) is 0.979. The van der Waals surface area contributed by atoms with E-state index in [1.54, 1.807) is 4.90 Å². The molecule has 2 saturated heterocycles. The molecule has 1 aromatic rings. The van der Waals surface area contributed by atoms with E-state index in [9.17, 15) is 18.0 Å². The van der Waals surface area contributed by atoms with Gasteiger partial charge in [-0.3, -0.25) is 4.90 Å². The first kappa shape index (κ1) is 19.3. The number of likely N-dealkylation sites (tertiary alicyclic amines) is 1. The average Bonchev–Trinajstić information content (AvgIpc) is 2.81. The minimum absolute atomic E-state index is 0.0238. The van der Waals surface area contributed by atoms with Crippen LogP contribution in [0.25, 0.3) is 0 Å². The first-order chi connectivity index (χ1) is 13.4. The summed E-state index contributed by atoms with van der Waals surface area (Å²) in [5.74, 6) is 0.149. The Morgan fingerprint density at radius 1 is 1.04 bits per heavy atom. The number of nitrogens with zero attached hydrogens (tertiary/aromatic N) is 4. The highest BCUT2D eigenvalue weighted by Crippen LogP contribution is 2.30. The highest BCUT2D eigenvalue weighted by molar-refractivity contribution is 5.75. The second kappa shape index (κ2) is 7.77. The number of carbonyl (C=O) groups is 1. The Morgan fingerprint density at radius 2 is 1.82 bits per heavy atom. The first-order valence-electron chi connectivity index (χ1n) is 9.88. The third-order valence-corrected chi connectivity index (χ3v) is 5.86. The van der Waals surface area contributed by atoms with E-state index in [-0.39, 0.29) is 18.0 Å². The zero-order valence-electron chi connectivity index (χ0n) is 15.7. The van der Waals surface area contributed by atoms with Crippen LogP contribution in [0.4, 0.5) is 18.0 Å².